The third-order valence-corrected chi connectivity index (χ3v) is 2.97. The highest BCUT2D eigenvalue weighted by molar-refractivity contribution is 6.32. The summed E-state index contributed by atoms with van der Waals surface area (Å²) in [5, 5.41) is 6.43. The van der Waals surface area contributed by atoms with Gasteiger partial charge in [0.1, 0.15) is 5.75 Å². The highest BCUT2D eigenvalue weighted by Gasteiger charge is 2.23. The molecule has 0 bridgehead atoms. The number of carbonyl (C=O) groups is 1. The van der Waals surface area contributed by atoms with E-state index in [1.807, 2.05) is 19.2 Å². The summed E-state index contributed by atoms with van der Waals surface area (Å²) in [4.78, 5) is 11.5. The topological polar surface area (TPSA) is 50.4 Å². The molecule has 5 heteroatoms. The first-order valence-corrected chi connectivity index (χ1v) is 6.42. The second-order valence-electron chi connectivity index (χ2n) is 4.43. The second kappa shape index (κ2) is 6.07. The molecule has 0 aromatic heterocycles. The van der Waals surface area contributed by atoms with E-state index in [9.17, 15) is 4.79 Å². The van der Waals surface area contributed by atoms with Crippen LogP contribution >= 0.6 is 11.6 Å². The van der Waals surface area contributed by atoms with Crippen molar-refractivity contribution < 1.29 is 9.53 Å². The lowest BCUT2D eigenvalue weighted by atomic mass is 10.2. The molecule has 1 aliphatic rings. The van der Waals surface area contributed by atoms with E-state index in [-0.39, 0.29) is 12.5 Å². The highest BCUT2D eigenvalue weighted by Crippen LogP contribution is 2.25. The Hall–Kier alpha value is -1.26. The lowest BCUT2D eigenvalue weighted by Crippen LogP contribution is -2.30. The van der Waals surface area contributed by atoms with Gasteiger partial charge in [-0.3, -0.25) is 4.79 Å². The average molecular weight is 269 g/mol. The second-order valence-corrected chi connectivity index (χ2v) is 4.83. The third-order valence-electron chi connectivity index (χ3n) is 2.68. The van der Waals surface area contributed by atoms with Gasteiger partial charge in [0.25, 0.3) is 5.91 Å². The first-order valence-electron chi connectivity index (χ1n) is 6.04. The van der Waals surface area contributed by atoms with Gasteiger partial charge in [-0.2, -0.15) is 0 Å². The van der Waals surface area contributed by atoms with Gasteiger partial charge in [-0.15, -0.1) is 0 Å². The smallest absolute Gasteiger partial charge is 0.258 e. The van der Waals surface area contributed by atoms with Gasteiger partial charge in [0.15, 0.2) is 6.61 Å². The van der Waals surface area contributed by atoms with E-state index in [0.717, 1.165) is 24.9 Å². The number of halogens is 1. The number of benzene rings is 1. The van der Waals surface area contributed by atoms with Crippen molar-refractivity contribution in [1.82, 2.24) is 10.6 Å². The van der Waals surface area contributed by atoms with Crippen LogP contribution in [-0.2, 0) is 11.3 Å². The minimum atomic E-state index is -0.0899. The van der Waals surface area contributed by atoms with Crippen LogP contribution in [-0.4, -0.2) is 25.6 Å². The van der Waals surface area contributed by atoms with E-state index < -0.39 is 0 Å². The zero-order valence-corrected chi connectivity index (χ0v) is 11.1. The summed E-state index contributed by atoms with van der Waals surface area (Å²) < 4.78 is 5.40. The van der Waals surface area contributed by atoms with Crippen molar-refractivity contribution in [2.75, 3.05) is 13.7 Å². The molecule has 0 saturated heterocycles. The Kier molecular flexibility index (Phi) is 4.44. The molecule has 2 rings (SSSR count). The van der Waals surface area contributed by atoms with Crippen LogP contribution in [0, 0.1) is 0 Å². The number of ether oxygens (including phenoxy) is 1. The van der Waals surface area contributed by atoms with Crippen LogP contribution < -0.4 is 15.4 Å². The van der Waals surface area contributed by atoms with Crippen molar-refractivity contribution in [2.45, 2.75) is 25.4 Å². The normalized spacial score (nSPS) is 14.3. The number of rotatable bonds is 6. The van der Waals surface area contributed by atoms with E-state index in [0.29, 0.717) is 16.8 Å². The van der Waals surface area contributed by atoms with Crippen LogP contribution in [0.4, 0.5) is 0 Å². The minimum absolute atomic E-state index is 0.0155. The summed E-state index contributed by atoms with van der Waals surface area (Å²) in [7, 11) is 1.88. The van der Waals surface area contributed by atoms with E-state index >= 15 is 0 Å². The highest BCUT2D eigenvalue weighted by atomic mass is 35.5. The van der Waals surface area contributed by atoms with Crippen LogP contribution in [0.2, 0.25) is 5.02 Å². The van der Waals surface area contributed by atoms with Gasteiger partial charge in [0.2, 0.25) is 0 Å². The number of hydrogen-bond acceptors (Lipinski definition) is 3. The van der Waals surface area contributed by atoms with Crippen molar-refractivity contribution >= 4 is 17.5 Å². The Labute approximate surface area is 112 Å². The molecule has 0 radical (unpaired) electrons. The molecule has 98 valence electrons. The number of amides is 1. The molecular formula is C13H17ClN2O2. The largest absolute Gasteiger partial charge is 0.482 e. The van der Waals surface area contributed by atoms with Crippen molar-refractivity contribution in [1.29, 1.82) is 0 Å². The van der Waals surface area contributed by atoms with Crippen LogP contribution in [0.15, 0.2) is 18.2 Å². The first-order chi connectivity index (χ1) is 8.69. The molecule has 18 heavy (non-hydrogen) atoms. The van der Waals surface area contributed by atoms with Gasteiger partial charge in [-0.1, -0.05) is 17.7 Å². The van der Waals surface area contributed by atoms with Crippen molar-refractivity contribution in [3.63, 3.8) is 0 Å². The molecule has 1 aliphatic carbocycles. The lowest BCUT2D eigenvalue weighted by Gasteiger charge is -2.09. The van der Waals surface area contributed by atoms with Gasteiger partial charge >= 0.3 is 0 Å². The Morgan fingerprint density at radius 1 is 1.50 bits per heavy atom. The van der Waals surface area contributed by atoms with E-state index in [2.05, 4.69) is 10.6 Å². The molecule has 1 saturated carbocycles. The summed E-state index contributed by atoms with van der Waals surface area (Å²) in [6.07, 6.45) is 2.15. The fourth-order valence-electron chi connectivity index (χ4n) is 1.62. The number of carbonyl (C=O) groups excluding carboxylic acids is 1. The molecule has 4 nitrogen and oxygen atoms in total. The van der Waals surface area contributed by atoms with Crippen LogP contribution in [0.25, 0.3) is 0 Å². The summed E-state index contributed by atoms with van der Waals surface area (Å²) in [6.45, 7) is 0.768. The molecule has 0 spiro atoms. The van der Waals surface area contributed by atoms with Crippen LogP contribution in [0.5, 0.6) is 5.75 Å². The Balaban J connectivity index is 1.86. The minimum Gasteiger partial charge on any atom is -0.482 e. The molecule has 0 heterocycles. The molecule has 1 amide bonds. The van der Waals surface area contributed by atoms with Crippen molar-refractivity contribution in [3.8, 4) is 5.75 Å². The molecule has 2 N–H and O–H groups in total. The van der Waals surface area contributed by atoms with Gasteiger partial charge in [-0.25, -0.2) is 0 Å². The lowest BCUT2D eigenvalue weighted by molar-refractivity contribution is -0.123. The maximum absolute atomic E-state index is 11.5. The molecule has 0 unspecified atom stereocenters. The molecule has 1 aromatic rings. The summed E-state index contributed by atoms with van der Waals surface area (Å²) in [5.41, 5.74) is 1.08. The summed E-state index contributed by atoms with van der Waals surface area (Å²) >= 11 is 6.08. The number of nitrogens with one attached hydrogen (secondary N) is 2. The molecule has 0 aliphatic heterocycles. The van der Waals surface area contributed by atoms with E-state index in [1.165, 1.54) is 0 Å². The first kappa shape index (κ1) is 13.2. The maximum atomic E-state index is 11.5. The SMILES string of the molecule is CNCc1ccc(OCC(=O)NC2CC2)c(Cl)c1. The average Bonchev–Trinajstić information content (AvgIpc) is 3.12. The van der Waals surface area contributed by atoms with Crippen LogP contribution in [0.3, 0.4) is 0 Å². The third kappa shape index (κ3) is 3.89. The predicted molar refractivity (Wildman–Crippen MR) is 70.9 cm³/mol. The Morgan fingerprint density at radius 3 is 2.89 bits per heavy atom. The molecular weight excluding hydrogens is 252 g/mol. The summed E-state index contributed by atoms with van der Waals surface area (Å²) in [5.74, 6) is 0.454. The van der Waals surface area contributed by atoms with Crippen LogP contribution in [0.1, 0.15) is 18.4 Å². The molecule has 0 atom stereocenters. The standard InChI is InChI=1S/C13H17ClN2O2/c1-15-7-9-2-5-12(11(14)6-9)18-8-13(17)16-10-3-4-10/h2,5-6,10,15H,3-4,7-8H2,1H3,(H,16,17). The Bertz CT molecular complexity index is 433. The predicted octanol–water partition coefficient (Wildman–Crippen LogP) is 1.72. The van der Waals surface area contributed by atoms with E-state index in [1.54, 1.807) is 6.07 Å². The van der Waals surface area contributed by atoms with Gasteiger partial charge in [-0.05, 0) is 37.6 Å². The number of hydrogen-bond donors (Lipinski definition) is 2. The van der Waals surface area contributed by atoms with Crippen molar-refractivity contribution in [2.24, 2.45) is 0 Å². The Morgan fingerprint density at radius 2 is 2.28 bits per heavy atom. The quantitative estimate of drug-likeness (QED) is 0.826. The molecule has 1 aromatic carbocycles. The summed E-state index contributed by atoms with van der Waals surface area (Å²) in [6, 6.07) is 5.91. The zero-order chi connectivity index (χ0) is 13.0. The molecule has 1 fully saturated rings. The van der Waals surface area contributed by atoms with E-state index in [4.69, 9.17) is 16.3 Å². The maximum Gasteiger partial charge on any atom is 0.258 e. The monoisotopic (exact) mass is 268 g/mol. The zero-order valence-electron chi connectivity index (χ0n) is 10.3. The van der Waals surface area contributed by atoms with Gasteiger partial charge < -0.3 is 15.4 Å². The van der Waals surface area contributed by atoms with Gasteiger partial charge in [0, 0.05) is 12.6 Å². The van der Waals surface area contributed by atoms with Gasteiger partial charge in [0.05, 0.1) is 5.02 Å². The fraction of sp³-hybridized carbons (Fsp3) is 0.462. The fourth-order valence-corrected chi connectivity index (χ4v) is 1.87. The van der Waals surface area contributed by atoms with Crippen molar-refractivity contribution in [3.05, 3.63) is 28.8 Å².